The molecule has 0 radical (unpaired) electrons. The molecule has 1 aliphatic carbocycles. The van der Waals surface area contributed by atoms with Gasteiger partial charge in [0.15, 0.2) is 0 Å². The summed E-state index contributed by atoms with van der Waals surface area (Å²) in [7, 11) is 1.65. The molecule has 5 heteroatoms. The van der Waals surface area contributed by atoms with Crippen LogP contribution in [0.4, 0.5) is 0 Å². The lowest BCUT2D eigenvalue weighted by molar-refractivity contribution is -0.127. The summed E-state index contributed by atoms with van der Waals surface area (Å²) in [5.41, 5.74) is 6.37. The van der Waals surface area contributed by atoms with Crippen LogP contribution in [0.25, 0.3) is 0 Å². The van der Waals surface area contributed by atoms with Gasteiger partial charge in [0.05, 0.1) is 19.8 Å². The van der Waals surface area contributed by atoms with Crippen LogP contribution in [0.15, 0.2) is 24.3 Å². The fraction of sp³-hybridized carbons (Fsp3) is 0.562. The van der Waals surface area contributed by atoms with Gasteiger partial charge < -0.3 is 20.5 Å². The molecule has 3 N–H and O–H groups in total. The second-order valence-corrected chi connectivity index (χ2v) is 6.02. The molecule has 1 aliphatic heterocycles. The lowest BCUT2D eigenvalue weighted by Gasteiger charge is -2.26. The Bertz CT molecular complexity index is 505. The summed E-state index contributed by atoms with van der Waals surface area (Å²) in [5.74, 6) is 1.22. The maximum atomic E-state index is 12.5. The number of ether oxygens (including phenoxy) is 2. The van der Waals surface area contributed by atoms with Gasteiger partial charge >= 0.3 is 0 Å². The number of carbonyl (C=O) groups is 1. The van der Waals surface area contributed by atoms with E-state index in [1.807, 2.05) is 24.3 Å². The second-order valence-electron chi connectivity index (χ2n) is 6.02. The Morgan fingerprint density at radius 1 is 1.43 bits per heavy atom. The molecule has 2 atom stereocenters. The first-order chi connectivity index (χ1) is 10.1. The van der Waals surface area contributed by atoms with Gasteiger partial charge in [0.1, 0.15) is 11.3 Å². The predicted octanol–water partition coefficient (Wildman–Crippen LogP) is 1.38. The minimum absolute atomic E-state index is 0.0319. The molecule has 0 aromatic heterocycles. The van der Waals surface area contributed by atoms with Gasteiger partial charge in [-0.2, -0.15) is 0 Å². The van der Waals surface area contributed by atoms with E-state index in [9.17, 15) is 4.79 Å². The van der Waals surface area contributed by atoms with E-state index in [-0.39, 0.29) is 11.9 Å². The normalized spacial score (nSPS) is 26.4. The lowest BCUT2D eigenvalue weighted by atomic mass is 9.96. The van der Waals surface area contributed by atoms with Crippen LogP contribution in [0.3, 0.4) is 0 Å². The molecule has 5 nitrogen and oxygen atoms in total. The standard InChI is InChI=1S/C16H22N2O3/c1-20-13-6-4-12(5-7-13)14(11-2-3-11)18-15(19)16(17)8-9-21-10-16/h4-7,11,14H,2-3,8-10,17H2,1H3,(H,18,19). The molecule has 1 amide bonds. The number of amides is 1. The zero-order valence-corrected chi connectivity index (χ0v) is 12.3. The summed E-state index contributed by atoms with van der Waals surface area (Å²) in [6.07, 6.45) is 2.87. The van der Waals surface area contributed by atoms with Crippen LogP contribution in [0.2, 0.25) is 0 Å². The molecule has 114 valence electrons. The predicted molar refractivity (Wildman–Crippen MR) is 79.0 cm³/mol. The van der Waals surface area contributed by atoms with Crippen LogP contribution in [0, 0.1) is 5.92 Å². The SMILES string of the molecule is COc1ccc(C(NC(=O)C2(N)CCOC2)C2CC2)cc1. The van der Waals surface area contributed by atoms with Crippen LogP contribution in [0.5, 0.6) is 5.75 Å². The Kier molecular flexibility index (Phi) is 3.87. The summed E-state index contributed by atoms with van der Waals surface area (Å²) < 4.78 is 10.5. The minimum atomic E-state index is -0.875. The van der Waals surface area contributed by atoms with Crippen molar-refractivity contribution in [2.75, 3.05) is 20.3 Å². The Morgan fingerprint density at radius 2 is 2.14 bits per heavy atom. The average Bonchev–Trinajstić information content (AvgIpc) is 3.25. The number of nitrogens with two attached hydrogens (primary N) is 1. The molecule has 2 unspecified atom stereocenters. The monoisotopic (exact) mass is 290 g/mol. The maximum absolute atomic E-state index is 12.5. The zero-order valence-electron chi connectivity index (χ0n) is 12.3. The molecule has 0 spiro atoms. The number of nitrogens with one attached hydrogen (secondary N) is 1. The molecule has 3 rings (SSSR count). The molecule has 1 saturated heterocycles. The summed E-state index contributed by atoms with van der Waals surface area (Å²) in [4.78, 5) is 12.5. The molecular formula is C16H22N2O3. The molecule has 1 saturated carbocycles. The highest BCUT2D eigenvalue weighted by atomic mass is 16.5. The summed E-state index contributed by atoms with van der Waals surface area (Å²) in [5, 5.41) is 3.13. The first-order valence-electron chi connectivity index (χ1n) is 7.44. The van der Waals surface area contributed by atoms with E-state index in [4.69, 9.17) is 15.2 Å². The second kappa shape index (κ2) is 5.66. The molecule has 2 fully saturated rings. The van der Waals surface area contributed by atoms with E-state index >= 15 is 0 Å². The number of carbonyl (C=O) groups excluding carboxylic acids is 1. The van der Waals surface area contributed by atoms with Crippen LogP contribution < -0.4 is 15.8 Å². The van der Waals surface area contributed by atoms with Crippen molar-refractivity contribution >= 4 is 5.91 Å². The molecule has 1 heterocycles. The van der Waals surface area contributed by atoms with E-state index in [0.717, 1.165) is 24.2 Å². The maximum Gasteiger partial charge on any atom is 0.243 e. The van der Waals surface area contributed by atoms with Crippen molar-refractivity contribution in [1.82, 2.24) is 5.32 Å². The molecule has 21 heavy (non-hydrogen) atoms. The molecule has 1 aromatic rings. The Hall–Kier alpha value is -1.59. The van der Waals surface area contributed by atoms with Crippen molar-refractivity contribution in [1.29, 1.82) is 0 Å². The van der Waals surface area contributed by atoms with Crippen LogP contribution >= 0.6 is 0 Å². The summed E-state index contributed by atoms with van der Waals surface area (Å²) >= 11 is 0. The quantitative estimate of drug-likeness (QED) is 0.859. The van der Waals surface area contributed by atoms with E-state index in [1.165, 1.54) is 0 Å². The average molecular weight is 290 g/mol. The van der Waals surface area contributed by atoms with Crippen molar-refractivity contribution in [2.45, 2.75) is 30.8 Å². The Morgan fingerprint density at radius 3 is 2.67 bits per heavy atom. The van der Waals surface area contributed by atoms with Gasteiger partial charge in [-0.3, -0.25) is 4.79 Å². The molecule has 0 bridgehead atoms. The van der Waals surface area contributed by atoms with Crippen LogP contribution in [-0.4, -0.2) is 31.8 Å². The fourth-order valence-electron chi connectivity index (χ4n) is 2.76. The fourth-order valence-corrected chi connectivity index (χ4v) is 2.76. The Labute approximate surface area is 124 Å². The van der Waals surface area contributed by atoms with Crippen LogP contribution in [0.1, 0.15) is 30.9 Å². The van der Waals surface area contributed by atoms with Crippen LogP contribution in [-0.2, 0) is 9.53 Å². The summed E-state index contributed by atoms with van der Waals surface area (Å²) in [6, 6.07) is 7.90. The van der Waals surface area contributed by atoms with Gasteiger partial charge in [-0.15, -0.1) is 0 Å². The third-order valence-electron chi connectivity index (χ3n) is 4.36. The van der Waals surface area contributed by atoms with Gasteiger partial charge in [-0.05, 0) is 42.9 Å². The van der Waals surface area contributed by atoms with Crippen molar-refractivity contribution < 1.29 is 14.3 Å². The van der Waals surface area contributed by atoms with E-state index in [1.54, 1.807) is 7.11 Å². The summed E-state index contributed by atoms with van der Waals surface area (Å²) in [6.45, 7) is 0.860. The van der Waals surface area contributed by atoms with E-state index in [2.05, 4.69) is 5.32 Å². The van der Waals surface area contributed by atoms with Gasteiger partial charge in [0, 0.05) is 6.61 Å². The zero-order chi connectivity index (χ0) is 14.9. The third-order valence-corrected chi connectivity index (χ3v) is 4.36. The van der Waals surface area contributed by atoms with Crippen molar-refractivity contribution in [3.63, 3.8) is 0 Å². The largest absolute Gasteiger partial charge is 0.497 e. The molecule has 2 aliphatic rings. The first-order valence-corrected chi connectivity index (χ1v) is 7.44. The molecular weight excluding hydrogens is 268 g/mol. The van der Waals surface area contributed by atoms with Gasteiger partial charge in [-0.25, -0.2) is 0 Å². The van der Waals surface area contributed by atoms with Crippen molar-refractivity contribution in [3.8, 4) is 5.75 Å². The number of benzene rings is 1. The van der Waals surface area contributed by atoms with Gasteiger partial charge in [0.2, 0.25) is 5.91 Å². The van der Waals surface area contributed by atoms with Crippen molar-refractivity contribution in [2.24, 2.45) is 11.7 Å². The van der Waals surface area contributed by atoms with E-state index in [0.29, 0.717) is 25.6 Å². The minimum Gasteiger partial charge on any atom is -0.497 e. The number of methoxy groups -OCH3 is 1. The lowest BCUT2D eigenvalue weighted by Crippen LogP contribution is -2.55. The topological polar surface area (TPSA) is 73.6 Å². The highest BCUT2D eigenvalue weighted by Gasteiger charge is 2.41. The number of hydrogen-bond donors (Lipinski definition) is 2. The van der Waals surface area contributed by atoms with Gasteiger partial charge in [0.25, 0.3) is 0 Å². The highest BCUT2D eigenvalue weighted by molar-refractivity contribution is 5.87. The van der Waals surface area contributed by atoms with Crippen molar-refractivity contribution in [3.05, 3.63) is 29.8 Å². The molecule has 1 aromatic carbocycles. The number of rotatable bonds is 5. The van der Waals surface area contributed by atoms with E-state index < -0.39 is 5.54 Å². The first kappa shape index (κ1) is 14.4. The van der Waals surface area contributed by atoms with Gasteiger partial charge in [-0.1, -0.05) is 12.1 Å². The third kappa shape index (κ3) is 3.04. The Balaban J connectivity index is 1.73. The number of hydrogen-bond acceptors (Lipinski definition) is 4. The highest BCUT2D eigenvalue weighted by Crippen LogP contribution is 2.41. The smallest absolute Gasteiger partial charge is 0.243 e.